The first kappa shape index (κ1) is 18.5. The van der Waals surface area contributed by atoms with Gasteiger partial charge < -0.3 is 15.4 Å². The minimum atomic E-state index is -0.0753. The molecule has 4 nitrogen and oxygen atoms in total. The first-order chi connectivity index (χ1) is 8.41. The van der Waals surface area contributed by atoms with Crippen LogP contribution in [0.5, 0.6) is 0 Å². The highest BCUT2D eigenvalue weighted by atomic mass is 127. The van der Waals surface area contributed by atoms with E-state index in [4.69, 9.17) is 11.2 Å². The topological polar surface area (TPSA) is 45.7 Å². The van der Waals surface area contributed by atoms with Crippen LogP contribution < -0.4 is 10.6 Å². The second kappa shape index (κ2) is 7.34. The van der Waals surface area contributed by atoms with E-state index in [1.54, 1.807) is 7.11 Å². The van der Waals surface area contributed by atoms with Gasteiger partial charge in [-0.25, -0.2) is 4.99 Å². The summed E-state index contributed by atoms with van der Waals surface area (Å²) in [6.45, 7) is 9.83. The smallest absolute Gasteiger partial charge is 0.192 e. The van der Waals surface area contributed by atoms with Crippen molar-refractivity contribution in [1.82, 2.24) is 10.6 Å². The molecule has 0 bridgehead atoms. The van der Waals surface area contributed by atoms with Gasteiger partial charge >= 0.3 is 0 Å². The van der Waals surface area contributed by atoms with Crippen molar-refractivity contribution >= 4 is 29.9 Å². The molecule has 110 valence electrons. The lowest BCUT2D eigenvalue weighted by molar-refractivity contribution is -0.176. The maximum absolute atomic E-state index is 5.61. The molecule has 0 amide bonds. The van der Waals surface area contributed by atoms with Crippen molar-refractivity contribution in [3.63, 3.8) is 0 Å². The molecule has 0 aromatic rings. The Labute approximate surface area is 134 Å². The van der Waals surface area contributed by atoms with E-state index in [1.165, 1.54) is 0 Å². The summed E-state index contributed by atoms with van der Waals surface area (Å²) in [5, 5.41) is 6.63. The Morgan fingerprint density at radius 2 is 2.11 bits per heavy atom. The van der Waals surface area contributed by atoms with Crippen LogP contribution in [0.15, 0.2) is 4.99 Å². The number of hydrogen-bond donors (Lipinski definition) is 2. The number of nitrogens with zero attached hydrogens (tertiary/aromatic N) is 1. The molecule has 0 heterocycles. The minimum absolute atomic E-state index is 0. The molecule has 1 fully saturated rings. The maximum Gasteiger partial charge on any atom is 0.192 e. The monoisotopic (exact) mass is 379 g/mol. The van der Waals surface area contributed by atoms with Gasteiger partial charge in [0.2, 0.25) is 0 Å². The van der Waals surface area contributed by atoms with E-state index in [2.05, 4.69) is 42.3 Å². The van der Waals surface area contributed by atoms with Crippen LogP contribution >= 0.6 is 24.0 Å². The molecule has 0 saturated heterocycles. The molecule has 1 aliphatic carbocycles. The fraction of sp³-hybridized carbons (Fsp3) is 0.786. The lowest BCUT2D eigenvalue weighted by atomic mass is 9.56. The summed E-state index contributed by atoms with van der Waals surface area (Å²) in [5.74, 6) is 3.31. The van der Waals surface area contributed by atoms with Crippen molar-refractivity contribution in [3.8, 4) is 12.3 Å². The van der Waals surface area contributed by atoms with Crippen LogP contribution in [-0.4, -0.2) is 37.8 Å². The number of ether oxygens (including phenoxy) is 1. The zero-order valence-electron chi connectivity index (χ0n) is 12.5. The third-order valence-electron chi connectivity index (χ3n) is 4.26. The molecule has 2 atom stereocenters. The van der Waals surface area contributed by atoms with Gasteiger partial charge in [0.05, 0.1) is 5.60 Å². The molecule has 2 N–H and O–H groups in total. The minimum Gasteiger partial charge on any atom is -0.378 e. The van der Waals surface area contributed by atoms with Gasteiger partial charge in [-0.3, -0.25) is 0 Å². The lowest BCUT2D eigenvalue weighted by Crippen LogP contribution is -2.69. The number of hydrogen-bond acceptors (Lipinski definition) is 2. The Hall–Kier alpha value is -0.480. The van der Waals surface area contributed by atoms with Gasteiger partial charge in [-0.1, -0.05) is 19.8 Å². The Morgan fingerprint density at radius 1 is 1.47 bits per heavy atom. The van der Waals surface area contributed by atoms with Gasteiger partial charge in [0.25, 0.3) is 0 Å². The van der Waals surface area contributed by atoms with Crippen LogP contribution in [0.4, 0.5) is 0 Å². The SMILES string of the molecule is C#CCN=C(NCC)NC1CC(C)(OC)C1(C)C.I. The van der Waals surface area contributed by atoms with Gasteiger partial charge in [-0.15, -0.1) is 30.4 Å². The molecule has 0 spiro atoms. The standard InChI is InChI=1S/C14H25N3O.HI/c1-7-9-16-12(15-8-2)17-11-10-14(5,18-6)13(11,3)4;/h1,11H,8-10H2,2-6H3,(H2,15,16,17);1H. The zero-order chi connectivity index (χ0) is 13.8. The number of methoxy groups -OCH3 is 1. The largest absolute Gasteiger partial charge is 0.378 e. The Kier molecular flexibility index (Phi) is 7.16. The van der Waals surface area contributed by atoms with E-state index in [9.17, 15) is 0 Å². The van der Waals surface area contributed by atoms with Crippen molar-refractivity contribution in [2.75, 3.05) is 20.2 Å². The molecule has 0 aromatic carbocycles. The average Bonchev–Trinajstić information content (AvgIpc) is 2.35. The van der Waals surface area contributed by atoms with Crippen LogP contribution in [0, 0.1) is 17.8 Å². The van der Waals surface area contributed by atoms with E-state index >= 15 is 0 Å². The third-order valence-corrected chi connectivity index (χ3v) is 4.26. The van der Waals surface area contributed by atoms with E-state index < -0.39 is 0 Å². The van der Waals surface area contributed by atoms with Gasteiger partial charge in [-0.05, 0) is 20.3 Å². The molecule has 5 heteroatoms. The highest BCUT2D eigenvalue weighted by molar-refractivity contribution is 14.0. The highest BCUT2D eigenvalue weighted by Crippen LogP contribution is 2.51. The fourth-order valence-electron chi connectivity index (χ4n) is 2.33. The quantitative estimate of drug-likeness (QED) is 0.340. The van der Waals surface area contributed by atoms with Crippen molar-refractivity contribution in [3.05, 3.63) is 0 Å². The summed E-state index contributed by atoms with van der Waals surface area (Å²) in [6.07, 6.45) is 6.20. The molecule has 1 saturated carbocycles. The number of halogens is 1. The van der Waals surface area contributed by atoms with E-state index in [1.807, 2.05) is 6.92 Å². The van der Waals surface area contributed by atoms with Crippen molar-refractivity contribution in [1.29, 1.82) is 0 Å². The Morgan fingerprint density at radius 3 is 2.53 bits per heavy atom. The molecular formula is C14H26IN3O. The lowest BCUT2D eigenvalue weighted by Gasteiger charge is -2.59. The first-order valence-electron chi connectivity index (χ1n) is 6.44. The second-order valence-electron chi connectivity index (χ2n) is 5.46. The Bertz CT molecular complexity index is 362. The first-order valence-corrected chi connectivity index (χ1v) is 6.44. The van der Waals surface area contributed by atoms with Crippen LogP contribution in [-0.2, 0) is 4.74 Å². The summed E-state index contributed by atoms with van der Waals surface area (Å²) in [4.78, 5) is 4.31. The second-order valence-corrected chi connectivity index (χ2v) is 5.46. The number of nitrogens with one attached hydrogen (secondary N) is 2. The summed E-state index contributed by atoms with van der Waals surface area (Å²) < 4.78 is 5.61. The maximum atomic E-state index is 5.61. The summed E-state index contributed by atoms with van der Waals surface area (Å²) in [6, 6.07) is 0.345. The van der Waals surface area contributed by atoms with Crippen LogP contribution in [0.1, 0.15) is 34.1 Å². The van der Waals surface area contributed by atoms with Gasteiger partial charge in [0.15, 0.2) is 5.96 Å². The van der Waals surface area contributed by atoms with Gasteiger partial charge in [0.1, 0.15) is 6.54 Å². The van der Waals surface area contributed by atoms with Crippen LogP contribution in [0.3, 0.4) is 0 Å². The number of rotatable bonds is 4. The molecule has 0 radical (unpaired) electrons. The number of aliphatic imine (C=N–C) groups is 1. The van der Waals surface area contributed by atoms with E-state index in [-0.39, 0.29) is 35.0 Å². The summed E-state index contributed by atoms with van der Waals surface area (Å²) in [7, 11) is 1.77. The number of terminal acetylenes is 1. The molecule has 2 unspecified atom stereocenters. The van der Waals surface area contributed by atoms with Crippen molar-refractivity contribution in [2.45, 2.75) is 45.8 Å². The molecule has 19 heavy (non-hydrogen) atoms. The normalized spacial score (nSPS) is 28.6. The van der Waals surface area contributed by atoms with Crippen LogP contribution in [0.25, 0.3) is 0 Å². The third kappa shape index (κ3) is 3.76. The molecular weight excluding hydrogens is 353 g/mol. The van der Waals surface area contributed by atoms with Crippen LogP contribution in [0.2, 0.25) is 0 Å². The van der Waals surface area contributed by atoms with E-state index in [0.29, 0.717) is 12.6 Å². The van der Waals surface area contributed by atoms with E-state index in [0.717, 1.165) is 18.9 Å². The fourth-order valence-corrected chi connectivity index (χ4v) is 2.33. The summed E-state index contributed by atoms with van der Waals surface area (Å²) >= 11 is 0. The predicted molar refractivity (Wildman–Crippen MR) is 91.0 cm³/mol. The molecule has 0 aliphatic heterocycles. The zero-order valence-corrected chi connectivity index (χ0v) is 14.9. The highest BCUT2D eigenvalue weighted by Gasteiger charge is 2.57. The summed E-state index contributed by atoms with van der Waals surface area (Å²) in [5.41, 5.74) is -0.0117. The average molecular weight is 379 g/mol. The van der Waals surface area contributed by atoms with Crippen molar-refractivity contribution in [2.24, 2.45) is 10.4 Å². The van der Waals surface area contributed by atoms with Crippen molar-refractivity contribution < 1.29 is 4.74 Å². The molecule has 0 aromatic heterocycles. The van der Waals surface area contributed by atoms with Gasteiger partial charge in [0, 0.05) is 25.1 Å². The number of guanidine groups is 1. The molecule has 1 aliphatic rings. The van der Waals surface area contributed by atoms with Gasteiger partial charge in [-0.2, -0.15) is 0 Å². The molecule has 1 rings (SSSR count). The predicted octanol–water partition coefficient (Wildman–Crippen LogP) is 2.00. The Balaban J connectivity index is 0.00000324.